The molecule has 1 heterocycles. The van der Waals surface area contributed by atoms with E-state index in [0.717, 1.165) is 23.4 Å². The van der Waals surface area contributed by atoms with Crippen LogP contribution >= 0.6 is 0 Å². The summed E-state index contributed by atoms with van der Waals surface area (Å²) in [4.78, 5) is 4.27. The molecule has 0 bridgehead atoms. The Balaban J connectivity index is 2.23. The highest BCUT2D eigenvalue weighted by Crippen LogP contribution is 2.28. The Morgan fingerprint density at radius 2 is 1.84 bits per heavy atom. The highest BCUT2D eigenvalue weighted by atomic mass is 32.2. The van der Waals surface area contributed by atoms with Gasteiger partial charge >= 0.3 is 0 Å². The van der Waals surface area contributed by atoms with Crippen LogP contribution in [0.1, 0.15) is 25.0 Å². The van der Waals surface area contributed by atoms with E-state index in [1.54, 1.807) is 30.5 Å². The van der Waals surface area contributed by atoms with Crippen LogP contribution in [0.3, 0.4) is 0 Å². The molecule has 1 aromatic heterocycles. The number of methoxy groups -OCH3 is 1. The van der Waals surface area contributed by atoms with Gasteiger partial charge in [0.25, 0.3) is 10.0 Å². The molecule has 0 unspecified atom stereocenters. The van der Waals surface area contributed by atoms with E-state index in [0.29, 0.717) is 11.7 Å². The molecule has 25 heavy (non-hydrogen) atoms. The van der Waals surface area contributed by atoms with Gasteiger partial charge in [-0.1, -0.05) is 13.8 Å². The van der Waals surface area contributed by atoms with Crippen molar-refractivity contribution in [3.63, 3.8) is 0 Å². The van der Waals surface area contributed by atoms with Gasteiger partial charge in [0.1, 0.15) is 16.5 Å². The molecule has 0 atom stereocenters. The maximum absolute atomic E-state index is 12.7. The molecule has 1 aromatic carbocycles. The molecule has 2 rings (SSSR count). The number of rotatable bonds is 7. The Bertz CT molecular complexity index is 831. The minimum atomic E-state index is -3.79. The first-order valence-corrected chi connectivity index (χ1v) is 9.59. The third kappa shape index (κ3) is 4.85. The van der Waals surface area contributed by atoms with E-state index < -0.39 is 10.0 Å². The van der Waals surface area contributed by atoms with Gasteiger partial charge in [-0.05, 0) is 55.2 Å². The largest absolute Gasteiger partial charge is 0.495 e. The van der Waals surface area contributed by atoms with Gasteiger partial charge in [0.2, 0.25) is 0 Å². The molecule has 136 valence electrons. The summed E-state index contributed by atoms with van der Waals surface area (Å²) in [6, 6.07) is 6.75. The van der Waals surface area contributed by atoms with Crippen LogP contribution in [0.25, 0.3) is 0 Å². The molecule has 0 fully saturated rings. The maximum atomic E-state index is 12.7. The Labute approximate surface area is 149 Å². The average molecular weight is 363 g/mol. The van der Waals surface area contributed by atoms with E-state index in [1.807, 2.05) is 13.8 Å². The van der Waals surface area contributed by atoms with Gasteiger partial charge in [0.05, 0.1) is 19.0 Å². The predicted octanol–water partition coefficient (Wildman–Crippen LogP) is 3.58. The number of hydrogen-bond donors (Lipinski definition) is 2. The Kier molecular flexibility index (Phi) is 5.89. The standard InChI is InChI=1S/C18H25N3O3S/c1-12(2)10-19-15-6-7-18(20-11-15)21-25(22,23)17-9-14(4)13(3)8-16(17)24-5/h6-9,11-12,19H,10H2,1-5H3,(H,20,21). The van der Waals surface area contributed by atoms with Gasteiger partial charge < -0.3 is 10.1 Å². The highest BCUT2D eigenvalue weighted by molar-refractivity contribution is 7.92. The van der Waals surface area contributed by atoms with Crippen molar-refractivity contribution in [2.45, 2.75) is 32.6 Å². The van der Waals surface area contributed by atoms with Crippen LogP contribution in [-0.4, -0.2) is 27.1 Å². The number of sulfonamides is 1. The van der Waals surface area contributed by atoms with Crippen molar-refractivity contribution >= 4 is 21.5 Å². The lowest BCUT2D eigenvalue weighted by Gasteiger charge is -2.14. The van der Waals surface area contributed by atoms with Crippen LogP contribution in [0.5, 0.6) is 5.75 Å². The number of aryl methyl sites for hydroxylation is 2. The molecular formula is C18H25N3O3S. The van der Waals surface area contributed by atoms with E-state index in [4.69, 9.17) is 4.74 Å². The first kappa shape index (κ1) is 19.1. The molecule has 2 aromatic rings. The van der Waals surface area contributed by atoms with E-state index in [1.165, 1.54) is 7.11 Å². The first-order valence-electron chi connectivity index (χ1n) is 8.11. The number of benzene rings is 1. The van der Waals surface area contributed by atoms with Gasteiger partial charge in [0.15, 0.2) is 0 Å². The second-order valence-corrected chi connectivity index (χ2v) is 8.05. The lowest BCUT2D eigenvalue weighted by Crippen LogP contribution is -2.15. The molecule has 0 aliphatic rings. The van der Waals surface area contributed by atoms with Crippen molar-refractivity contribution in [3.8, 4) is 5.75 Å². The van der Waals surface area contributed by atoms with Crippen LogP contribution < -0.4 is 14.8 Å². The summed E-state index contributed by atoms with van der Waals surface area (Å²) in [6.45, 7) is 8.82. The minimum Gasteiger partial charge on any atom is -0.495 e. The summed E-state index contributed by atoms with van der Waals surface area (Å²) >= 11 is 0. The molecule has 0 saturated carbocycles. The second-order valence-electron chi connectivity index (χ2n) is 6.40. The smallest absolute Gasteiger partial charge is 0.266 e. The van der Waals surface area contributed by atoms with E-state index in [-0.39, 0.29) is 10.7 Å². The number of pyridine rings is 1. The molecule has 0 saturated heterocycles. The second kappa shape index (κ2) is 7.74. The Morgan fingerprint density at radius 1 is 1.16 bits per heavy atom. The lowest BCUT2D eigenvalue weighted by molar-refractivity contribution is 0.402. The molecule has 0 radical (unpaired) electrons. The summed E-state index contributed by atoms with van der Waals surface area (Å²) in [5.74, 6) is 1.08. The third-order valence-electron chi connectivity index (χ3n) is 3.79. The number of aromatic nitrogens is 1. The topological polar surface area (TPSA) is 80.3 Å². The molecule has 7 heteroatoms. The highest BCUT2D eigenvalue weighted by Gasteiger charge is 2.21. The summed E-state index contributed by atoms with van der Waals surface area (Å²) < 4.78 is 33.1. The van der Waals surface area contributed by atoms with Crippen molar-refractivity contribution in [1.82, 2.24) is 4.98 Å². The zero-order chi connectivity index (χ0) is 18.6. The fourth-order valence-corrected chi connectivity index (χ4v) is 3.45. The predicted molar refractivity (Wildman–Crippen MR) is 101 cm³/mol. The van der Waals surface area contributed by atoms with Crippen molar-refractivity contribution in [1.29, 1.82) is 0 Å². The summed E-state index contributed by atoms with van der Waals surface area (Å²) in [7, 11) is -2.34. The van der Waals surface area contributed by atoms with Crippen LogP contribution in [0.2, 0.25) is 0 Å². The van der Waals surface area contributed by atoms with Crippen molar-refractivity contribution in [3.05, 3.63) is 41.6 Å². The van der Waals surface area contributed by atoms with Gasteiger partial charge in [-0.15, -0.1) is 0 Å². The number of nitrogens with zero attached hydrogens (tertiary/aromatic N) is 1. The van der Waals surface area contributed by atoms with Crippen molar-refractivity contribution in [2.24, 2.45) is 5.92 Å². The molecule has 6 nitrogen and oxygen atoms in total. The first-order chi connectivity index (χ1) is 11.7. The Hall–Kier alpha value is -2.28. The van der Waals surface area contributed by atoms with Crippen molar-refractivity contribution < 1.29 is 13.2 Å². The van der Waals surface area contributed by atoms with E-state index in [2.05, 4.69) is 28.9 Å². The average Bonchev–Trinajstić information content (AvgIpc) is 2.55. The van der Waals surface area contributed by atoms with Gasteiger partial charge in [-0.2, -0.15) is 0 Å². The van der Waals surface area contributed by atoms with E-state index >= 15 is 0 Å². The minimum absolute atomic E-state index is 0.0990. The maximum Gasteiger partial charge on any atom is 0.266 e. The van der Waals surface area contributed by atoms with Crippen LogP contribution in [0, 0.1) is 19.8 Å². The number of nitrogens with one attached hydrogen (secondary N) is 2. The molecule has 0 aliphatic carbocycles. The Morgan fingerprint density at radius 3 is 2.40 bits per heavy atom. The van der Waals surface area contributed by atoms with Gasteiger partial charge in [-0.3, -0.25) is 4.72 Å². The third-order valence-corrected chi connectivity index (χ3v) is 5.16. The van der Waals surface area contributed by atoms with Gasteiger partial charge in [-0.25, -0.2) is 13.4 Å². The molecule has 2 N–H and O–H groups in total. The number of hydrogen-bond acceptors (Lipinski definition) is 5. The molecular weight excluding hydrogens is 338 g/mol. The van der Waals surface area contributed by atoms with Crippen LogP contribution in [-0.2, 0) is 10.0 Å². The van der Waals surface area contributed by atoms with Gasteiger partial charge in [0, 0.05) is 6.54 Å². The quantitative estimate of drug-likeness (QED) is 0.786. The molecule has 0 spiro atoms. The SMILES string of the molecule is COc1cc(C)c(C)cc1S(=O)(=O)Nc1ccc(NCC(C)C)cn1. The normalized spacial score (nSPS) is 11.4. The summed E-state index contributed by atoms with van der Waals surface area (Å²) in [5, 5.41) is 3.24. The fraction of sp³-hybridized carbons (Fsp3) is 0.389. The molecule has 0 amide bonds. The lowest BCUT2D eigenvalue weighted by atomic mass is 10.1. The summed E-state index contributed by atoms with van der Waals surface area (Å²) in [5.41, 5.74) is 2.69. The van der Waals surface area contributed by atoms with Crippen LogP contribution in [0.15, 0.2) is 35.4 Å². The molecule has 0 aliphatic heterocycles. The van der Waals surface area contributed by atoms with Crippen LogP contribution in [0.4, 0.5) is 11.5 Å². The number of anilines is 2. The zero-order valence-corrected chi connectivity index (χ0v) is 16.1. The number of ether oxygens (including phenoxy) is 1. The monoisotopic (exact) mass is 363 g/mol. The summed E-state index contributed by atoms with van der Waals surface area (Å²) in [6.07, 6.45) is 1.61. The fourth-order valence-electron chi connectivity index (χ4n) is 2.21. The zero-order valence-electron chi connectivity index (χ0n) is 15.3. The van der Waals surface area contributed by atoms with E-state index in [9.17, 15) is 8.42 Å². The van der Waals surface area contributed by atoms with Crippen molar-refractivity contribution in [2.75, 3.05) is 23.7 Å².